The molecule has 2 heterocycles. The van der Waals surface area contributed by atoms with Crippen LogP contribution in [0.15, 0.2) is 16.3 Å². The van der Waals surface area contributed by atoms with Gasteiger partial charge in [0.1, 0.15) is 4.21 Å². The van der Waals surface area contributed by atoms with Crippen LogP contribution >= 0.6 is 34.5 Å². The number of sulfonamides is 1. The second kappa shape index (κ2) is 5.45. The summed E-state index contributed by atoms with van der Waals surface area (Å²) >= 11 is 12.6. The molecule has 2 rings (SSSR count). The third kappa shape index (κ3) is 2.96. The van der Waals surface area contributed by atoms with E-state index in [4.69, 9.17) is 23.2 Å². The van der Waals surface area contributed by atoms with Crippen LogP contribution in [0, 0.1) is 5.92 Å². The monoisotopic (exact) mass is 313 g/mol. The summed E-state index contributed by atoms with van der Waals surface area (Å²) in [5.41, 5.74) is 0. The minimum absolute atomic E-state index is 0.328. The molecule has 96 valence electrons. The van der Waals surface area contributed by atoms with Crippen LogP contribution in [-0.2, 0) is 10.0 Å². The van der Waals surface area contributed by atoms with E-state index < -0.39 is 10.0 Å². The molecule has 1 aromatic rings. The molecule has 0 aromatic carbocycles. The van der Waals surface area contributed by atoms with Crippen LogP contribution in [0.1, 0.15) is 12.8 Å². The van der Waals surface area contributed by atoms with Gasteiger partial charge in [-0.05, 0) is 30.9 Å². The third-order valence-electron chi connectivity index (χ3n) is 2.91. The Hall–Kier alpha value is 0.190. The minimum Gasteiger partial charge on any atom is -0.206 e. The highest BCUT2D eigenvalue weighted by atomic mass is 35.5. The van der Waals surface area contributed by atoms with E-state index in [1.54, 1.807) is 12.1 Å². The number of alkyl halides is 1. The summed E-state index contributed by atoms with van der Waals surface area (Å²) < 4.78 is 26.8. The third-order valence-corrected chi connectivity index (χ3v) is 6.69. The molecule has 1 saturated heterocycles. The standard InChI is InChI=1S/C10H13Cl2NO2S2/c11-5-3-8-4-6-13(7-8)17(14,15)10-2-1-9(12)16-10/h1-2,8H,3-7H2. The van der Waals surface area contributed by atoms with Crippen molar-refractivity contribution in [3.63, 3.8) is 0 Å². The minimum atomic E-state index is -3.34. The predicted octanol–water partition coefficient (Wildman–Crippen LogP) is 3.04. The molecule has 1 aromatic heterocycles. The van der Waals surface area contributed by atoms with Crippen LogP contribution in [0.2, 0.25) is 4.34 Å². The second-order valence-corrected chi connectivity index (χ2v) is 8.31. The Bertz CT molecular complexity index is 486. The summed E-state index contributed by atoms with van der Waals surface area (Å²) in [6, 6.07) is 3.18. The fraction of sp³-hybridized carbons (Fsp3) is 0.600. The zero-order chi connectivity index (χ0) is 12.5. The van der Waals surface area contributed by atoms with Gasteiger partial charge >= 0.3 is 0 Å². The average molecular weight is 314 g/mol. The van der Waals surface area contributed by atoms with Crippen molar-refractivity contribution in [3.8, 4) is 0 Å². The number of rotatable bonds is 4. The van der Waals surface area contributed by atoms with E-state index in [0.717, 1.165) is 24.2 Å². The van der Waals surface area contributed by atoms with Gasteiger partial charge in [-0.25, -0.2) is 8.42 Å². The topological polar surface area (TPSA) is 37.4 Å². The van der Waals surface area contributed by atoms with Crippen LogP contribution < -0.4 is 0 Å². The smallest absolute Gasteiger partial charge is 0.206 e. The summed E-state index contributed by atoms with van der Waals surface area (Å²) in [5.74, 6) is 0.973. The molecular formula is C10H13Cl2NO2S2. The Morgan fingerprint density at radius 1 is 1.47 bits per heavy atom. The van der Waals surface area contributed by atoms with Crippen LogP contribution in [0.3, 0.4) is 0 Å². The lowest BCUT2D eigenvalue weighted by atomic mass is 10.1. The van der Waals surface area contributed by atoms with E-state index in [9.17, 15) is 8.42 Å². The van der Waals surface area contributed by atoms with Crippen molar-refractivity contribution in [2.75, 3.05) is 19.0 Å². The SMILES string of the molecule is O=S(=O)(c1ccc(Cl)s1)N1CCC(CCCl)C1. The van der Waals surface area contributed by atoms with Gasteiger partial charge in [-0.15, -0.1) is 22.9 Å². The molecule has 0 N–H and O–H groups in total. The summed E-state index contributed by atoms with van der Waals surface area (Å²) in [7, 11) is -3.34. The number of thiophene rings is 1. The Balaban J connectivity index is 2.13. The predicted molar refractivity (Wildman–Crippen MR) is 71.5 cm³/mol. The largest absolute Gasteiger partial charge is 0.252 e. The first kappa shape index (κ1) is 13.6. The van der Waals surface area contributed by atoms with Gasteiger partial charge in [-0.1, -0.05) is 11.6 Å². The van der Waals surface area contributed by atoms with Gasteiger partial charge in [0.2, 0.25) is 0 Å². The van der Waals surface area contributed by atoms with Crippen molar-refractivity contribution in [2.45, 2.75) is 17.1 Å². The maximum atomic E-state index is 12.2. The zero-order valence-electron chi connectivity index (χ0n) is 9.10. The lowest BCUT2D eigenvalue weighted by Gasteiger charge is -2.14. The summed E-state index contributed by atoms with van der Waals surface area (Å²) in [5, 5.41) is 0. The second-order valence-electron chi connectivity index (χ2n) is 4.05. The lowest BCUT2D eigenvalue weighted by Crippen LogP contribution is -2.28. The molecule has 0 aliphatic carbocycles. The Morgan fingerprint density at radius 2 is 2.24 bits per heavy atom. The van der Waals surface area contributed by atoms with E-state index in [0.29, 0.717) is 33.4 Å². The van der Waals surface area contributed by atoms with Gasteiger partial charge < -0.3 is 0 Å². The van der Waals surface area contributed by atoms with Crippen molar-refractivity contribution in [1.82, 2.24) is 4.31 Å². The van der Waals surface area contributed by atoms with Gasteiger partial charge in [0, 0.05) is 19.0 Å². The number of halogens is 2. The Kier molecular flexibility index (Phi) is 4.36. The van der Waals surface area contributed by atoms with Crippen LogP contribution in [0.4, 0.5) is 0 Å². The van der Waals surface area contributed by atoms with Crippen LogP contribution in [0.25, 0.3) is 0 Å². The number of hydrogen-bond donors (Lipinski definition) is 0. The first-order valence-corrected chi connectivity index (χ1v) is 8.52. The number of nitrogens with zero attached hydrogens (tertiary/aromatic N) is 1. The highest BCUT2D eigenvalue weighted by Crippen LogP contribution is 2.31. The highest BCUT2D eigenvalue weighted by molar-refractivity contribution is 7.91. The first-order valence-electron chi connectivity index (χ1n) is 5.35. The molecule has 1 unspecified atom stereocenters. The maximum Gasteiger partial charge on any atom is 0.252 e. The van der Waals surface area contributed by atoms with E-state index in [1.807, 2.05) is 0 Å². The van der Waals surface area contributed by atoms with Gasteiger partial charge in [0.05, 0.1) is 4.34 Å². The van der Waals surface area contributed by atoms with E-state index in [1.165, 1.54) is 4.31 Å². The summed E-state index contributed by atoms with van der Waals surface area (Å²) in [6.45, 7) is 1.16. The molecule has 1 atom stereocenters. The molecule has 0 saturated carbocycles. The van der Waals surface area contributed by atoms with Crippen LogP contribution in [0.5, 0.6) is 0 Å². The molecular weight excluding hydrogens is 301 g/mol. The molecule has 0 bridgehead atoms. The molecule has 1 aliphatic heterocycles. The fourth-order valence-corrected chi connectivity index (χ4v) is 5.45. The average Bonchev–Trinajstić information content (AvgIpc) is 2.88. The molecule has 17 heavy (non-hydrogen) atoms. The Labute approximate surface area is 115 Å². The quantitative estimate of drug-likeness (QED) is 0.801. The lowest BCUT2D eigenvalue weighted by molar-refractivity contribution is 0.455. The molecule has 3 nitrogen and oxygen atoms in total. The van der Waals surface area contributed by atoms with Gasteiger partial charge in [0.25, 0.3) is 10.0 Å². The molecule has 0 amide bonds. The Morgan fingerprint density at radius 3 is 2.82 bits per heavy atom. The van der Waals surface area contributed by atoms with E-state index in [2.05, 4.69) is 0 Å². The van der Waals surface area contributed by atoms with Crippen molar-refractivity contribution < 1.29 is 8.42 Å². The summed E-state index contributed by atoms with van der Waals surface area (Å²) in [6.07, 6.45) is 1.77. The van der Waals surface area contributed by atoms with E-state index in [-0.39, 0.29) is 0 Å². The first-order chi connectivity index (χ1) is 8.04. The zero-order valence-corrected chi connectivity index (χ0v) is 12.2. The summed E-state index contributed by atoms with van der Waals surface area (Å²) in [4.78, 5) is 0. The number of hydrogen-bond acceptors (Lipinski definition) is 3. The maximum absolute atomic E-state index is 12.2. The normalized spacial score (nSPS) is 22.1. The van der Waals surface area contributed by atoms with Gasteiger partial charge in [0.15, 0.2) is 0 Å². The molecule has 7 heteroatoms. The molecule has 0 spiro atoms. The van der Waals surface area contributed by atoms with Crippen LogP contribution in [-0.4, -0.2) is 31.7 Å². The van der Waals surface area contributed by atoms with Crippen molar-refractivity contribution >= 4 is 44.6 Å². The van der Waals surface area contributed by atoms with Gasteiger partial charge in [-0.3, -0.25) is 0 Å². The van der Waals surface area contributed by atoms with Crippen molar-refractivity contribution in [3.05, 3.63) is 16.5 Å². The van der Waals surface area contributed by atoms with Crippen molar-refractivity contribution in [2.24, 2.45) is 5.92 Å². The van der Waals surface area contributed by atoms with Crippen molar-refractivity contribution in [1.29, 1.82) is 0 Å². The molecule has 1 fully saturated rings. The fourth-order valence-electron chi connectivity index (χ4n) is 1.97. The molecule has 0 radical (unpaired) electrons. The molecule has 1 aliphatic rings. The van der Waals surface area contributed by atoms with Gasteiger partial charge in [-0.2, -0.15) is 4.31 Å². The highest BCUT2D eigenvalue weighted by Gasteiger charge is 2.32. The van der Waals surface area contributed by atoms with E-state index >= 15 is 0 Å².